The normalized spacial score (nSPS) is 21.9. The Balaban J connectivity index is 2.32. The van der Waals surface area contributed by atoms with Gasteiger partial charge in [-0.25, -0.2) is 0 Å². The first kappa shape index (κ1) is 14.0. The molecule has 19 heavy (non-hydrogen) atoms. The van der Waals surface area contributed by atoms with Gasteiger partial charge in [0.25, 0.3) is 0 Å². The fourth-order valence-electron chi connectivity index (χ4n) is 2.79. The van der Waals surface area contributed by atoms with E-state index < -0.39 is 5.41 Å². The van der Waals surface area contributed by atoms with E-state index in [9.17, 15) is 4.79 Å². The lowest BCUT2D eigenvalue weighted by Gasteiger charge is -2.32. The zero-order valence-corrected chi connectivity index (χ0v) is 11.3. The van der Waals surface area contributed by atoms with Gasteiger partial charge < -0.3 is 15.2 Å². The van der Waals surface area contributed by atoms with Crippen molar-refractivity contribution in [1.29, 1.82) is 0 Å². The van der Waals surface area contributed by atoms with E-state index >= 15 is 0 Å². The minimum absolute atomic E-state index is 0.250. The molecule has 0 radical (unpaired) electrons. The summed E-state index contributed by atoms with van der Waals surface area (Å²) in [6.07, 6.45) is 1.66. The van der Waals surface area contributed by atoms with Crippen molar-refractivity contribution < 1.29 is 14.3 Å². The molecule has 0 saturated carbocycles. The maximum Gasteiger partial charge on any atom is 0.317 e. The second-order valence-electron chi connectivity index (χ2n) is 5.08. The average molecular weight is 263 g/mol. The molecule has 0 spiro atoms. The standard InChI is InChI=1S/C15H21NO3/c1-18-14(17)15(11-16,9-12-7-8-19-10-12)13-5-3-2-4-6-13/h2-6,12H,7-11,16H2,1H3. The summed E-state index contributed by atoms with van der Waals surface area (Å²) in [5, 5.41) is 0. The molecule has 0 aromatic heterocycles. The predicted octanol–water partition coefficient (Wildman–Crippen LogP) is 1.48. The summed E-state index contributed by atoms with van der Waals surface area (Å²) < 4.78 is 10.4. The zero-order chi connectivity index (χ0) is 13.7. The van der Waals surface area contributed by atoms with Crippen LogP contribution in [0.15, 0.2) is 30.3 Å². The lowest BCUT2D eigenvalue weighted by Crippen LogP contribution is -2.45. The molecule has 104 valence electrons. The number of carbonyl (C=O) groups is 1. The summed E-state index contributed by atoms with van der Waals surface area (Å²) in [4.78, 5) is 12.3. The van der Waals surface area contributed by atoms with Crippen LogP contribution in [0.5, 0.6) is 0 Å². The highest BCUT2D eigenvalue weighted by Gasteiger charge is 2.42. The van der Waals surface area contributed by atoms with Gasteiger partial charge in [-0.3, -0.25) is 4.79 Å². The second kappa shape index (κ2) is 6.17. The highest BCUT2D eigenvalue weighted by Crippen LogP contribution is 2.34. The third-order valence-corrected chi connectivity index (χ3v) is 3.91. The Morgan fingerprint density at radius 2 is 2.21 bits per heavy atom. The van der Waals surface area contributed by atoms with Gasteiger partial charge in [0.15, 0.2) is 0 Å². The van der Waals surface area contributed by atoms with Gasteiger partial charge in [-0.05, 0) is 24.3 Å². The number of nitrogens with two attached hydrogens (primary N) is 1. The third-order valence-electron chi connectivity index (χ3n) is 3.91. The van der Waals surface area contributed by atoms with E-state index in [1.54, 1.807) is 0 Å². The second-order valence-corrected chi connectivity index (χ2v) is 5.08. The van der Waals surface area contributed by atoms with Gasteiger partial charge in [-0.15, -0.1) is 0 Å². The molecule has 0 aliphatic carbocycles. The molecule has 4 heteroatoms. The van der Waals surface area contributed by atoms with Gasteiger partial charge in [0.2, 0.25) is 0 Å². The topological polar surface area (TPSA) is 61.5 Å². The lowest BCUT2D eigenvalue weighted by atomic mass is 9.73. The van der Waals surface area contributed by atoms with Crippen molar-refractivity contribution in [1.82, 2.24) is 0 Å². The van der Waals surface area contributed by atoms with Gasteiger partial charge in [0, 0.05) is 19.8 Å². The Labute approximate surface area is 113 Å². The summed E-state index contributed by atoms with van der Waals surface area (Å²) >= 11 is 0. The minimum Gasteiger partial charge on any atom is -0.468 e. The molecule has 1 saturated heterocycles. The average Bonchev–Trinajstić information content (AvgIpc) is 2.97. The first-order valence-electron chi connectivity index (χ1n) is 6.64. The van der Waals surface area contributed by atoms with E-state index in [0.717, 1.165) is 18.6 Å². The SMILES string of the molecule is COC(=O)C(CN)(CC1CCOC1)c1ccccc1. The van der Waals surface area contributed by atoms with E-state index in [1.165, 1.54) is 7.11 Å². The number of methoxy groups -OCH3 is 1. The molecule has 1 fully saturated rings. The number of hydrogen-bond acceptors (Lipinski definition) is 4. The molecule has 1 aliphatic rings. The molecule has 0 bridgehead atoms. The van der Waals surface area contributed by atoms with Crippen LogP contribution < -0.4 is 5.73 Å². The summed E-state index contributed by atoms with van der Waals surface area (Å²) in [6, 6.07) is 9.67. The monoisotopic (exact) mass is 263 g/mol. The molecular weight excluding hydrogens is 242 g/mol. The fourth-order valence-corrected chi connectivity index (χ4v) is 2.79. The number of benzene rings is 1. The van der Waals surface area contributed by atoms with E-state index in [1.807, 2.05) is 30.3 Å². The van der Waals surface area contributed by atoms with Crippen LogP contribution >= 0.6 is 0 Å². The third kappa shape index (κ3) is 2.80. The van der Waals surface area contributed by atoms with E-state index in [-0.39, 0.29) is 12.5 Å². The summed E-state index contributed by atoms with van der Waals surface area (Å²) in [5.41, 5.74) is 6.12. The van der Waals surface area contributed by atoms with Crippen molar-refractivity contribution in [2.75, 3.05) is 26.9 Å². The Kier molecular flexibility index (Phi) is 4.56. The van der Waals surface area contributed by atoms with Gasteiger partial charge in [-0.1, -0.05) is 30.3 Å². The Hall–Kier alpha value is -1.39. The largest absolute Gasteiger partial charge is 0.468 e. The zero-order valence-electron chi connectivity index (χ0n) is 11.3. The number of rotatable bonds is 5. The number of hydrogen-bond donors (Lipinski definition) is 1. The van der Waals surface area contributed by atoms with Crippen molar-refractivity contribution in [3.63, 3.8) is 0 Å². The Morgan fingerprint density at radius 1 is 1.47 bits per heavy atom. The van der Waals surface area contributed by atoms with Crippen molar-refractivity contribution in [2.45, 2.75) is 18.3 Å². The van der Waals surface area contributed by atoms with Crippen LogP contribution in [0, 0.1) is 5.92 Å². The van der Waals surface area contributed by atoms with Crippen molar-refractivity contribution in [2.24, 2.45) is 11.7 Å². The van der Waals surface area contributed by atoms with Gasteiger partial charge in [-0.2, -0.15) is 0 Å². The van der Waals surface area contributed by atoms with Crippen molar-refractivity contribution >= 4 is 5.97 Å². The van der Waals surface area contributed by atoms with Gasteiger partial charge in [0.1, 0.15) is 5.41 Å². The van der Waals surface area contributed by atoms with Crippen molar-refractivity contribution in [3.8, 4) is 0 Å². The smallest absolute Gasteiger partial charge is 0.317 e. The van der Waals surface area contributed by atoms with Crippen LogP contribution in [0.25, 0.3) is 0 Å². The summed E-state index contributed by atoms with van der Waals surface area (Å²) in [5.74, 6) is 0.107. The van der Waals surface area contributed by atoms with Crippen LogP contribution in [0.2, 0.25) is 0 Å². The summed E-state index contributed by atoms with van der Waals surface area (Å²) in [7, 11) is 1.42. The van der Waals surface area contributed by atoms with Crippen molar-refractivity contribution in [3.05, 3.63) is 35.9 Å². The van der Waals surface area contributed by atoms with Crippen LogP contribution in [0.3, 0.4) is 0 Å². The van der Waals surface area contributed by atoms with Crippen LogP contribution in [0.4, 0.5) is 0 Å². The molecule has 2 N–H and O–H groups in total. The van der Waals surface area contributed by atoms with Gasteiger partial charge >= 0.3 is 5.97 Å². The first-order valence-corrected chi connectivity index (χ1v) is 6.64. The quantitative estimate of drug-likeness (QED) is 0.817. The Morgan fingerprint density at radius 3 is 2.74 bits per heavy atom. The fraction of sp³-hybridized carbons (Fsp3) is 0.533. The first-order chi connectivity index (χ1) is 9.23. The highest BCUT2D eigenvalue weighted by atomic mass is 16.5. The lowest BCUT2D eigenvalue weighted by molar-refractivity contribution is -0.148. The van der Waals surface area contributed by atoms with Crippen LogP contribution in [0.1, 0.15) is 18.4 Å². The molecule has 4 nitrogen and oxygen atoms in total. The molecular formula is C15H21NO3. The molecule has 1 aromatic rings. The molecule has 1 aromatic carbocycles. The highest BCUT2D eigenvalue weighted by molar-refractivity contribution is 5.83. The molecule has 0 amide bonds. The van der Waals surface area contributed by atoms with Crippen LogP contribution in [-0.2, 0) is 19.7 Å². The van der Waals surface area contributed by atoms with E-state index in [2.05, 4.69) is 0 Å². The molecule has 1 aliphatic heterocycles. The van der Waals surface area contributed by atoms with E-state index in [4.69, 9.17) is 15.2 Å². The van der Waals surface area contributed by atoms with Gasteiger partial charge in [0.05, 0.1) is 7.11 Å². The Bertz CT molecular complexity index is 415. The predicted molar refractivity (Wildman–Crippen MR) is 72.7 cm³/mol. The summed E-state index contributed by atoms with van der Waals surface area (Å²) in [6.45, 7) is 1.72. The molecule has 2 rings (SSSR count). The molecule has 2 unspecified atom stereocenters. The minimum atomic E-state index is -0.756. The molecule has 2 atom stereocenters. The number of ether oxygens (including phenoxy) is 2. The maximum absolute atomic E-state index is 12.3. The van der Waals surface area contributed by atoms with E-state index in [0.29, 0.717) is 18.9 Å². The maximum atomic E-state index is 12.3. The number of esters is 1. The number of carbonyl (C=O) groups excluding carboxylic acids is 1. The molecule has 1 heterocycles. The van der Waals surface area contributed by atoms with Crippen LogP contribution in [-0.4, -0.2) is 32.8 Å².